The van der Waals surface area contributed by atoms with Gasteiger partial charge in [0.25, 0.3) is 0 Å². The number of rotatable bonds is 2. The highest BCUT2D eigenvalue weighted by Crippen LogP contribution is 2.25. The van der Waals surface area contributed by atoms with E-state index in [0.29, 0.717) is 0 Å². The highest BCUT2D eigenvalue weighted by atomic mass is 15.1. The molecule has 0 spiro atoms. The van der Waals surface area contributed by atoms with Crippen LogP contribution in [0.15, 0.2) is 18.2 Å². The molecule has 1 nitrogen and oxygen atoms in total. The monoisotopic (exact) mass is 214 g/mol. The normalized spacial score (nSPS) is 21.0. The molecule has 85 valence electrons. The van der Waals surface area contributed by atoms with E-state index in [9.17, 15) is 0 Å². The van der Waals surface area contributed by atoms with Crippen molar-refractivity contribution in [3.05, 3.63) is 41.3 Å². The first-order valence-electron chi connectivity index (χ1n) is 6.59. The molecule has 0 N–H and O–H groups in total. The van der Waals surface area contributed by atoms with Crippen LogP contribution in [-0.2, 0) is 13.0 Å². The van der Waals surface area contributed by atoms with Crippen LogP contribution in [0.3, 0.4) is 0 Å². The Balaban J connectivity index is 1.69. The van der Waals surface area contributed by atoms with Crippen molar-refractivity contribution in [1.29, 1.82) is 0 Å². The molecule has 0 atom stereocenters. The number of hydrogen-bond acceptors (Lipinski definition) is 1. The summed E-state index contributed by atoms with van der Waals surface area (Å²) in [5.74, 6) is 0. The SMILES string of the molecule is [CH]1CCc2cc(CN3CCCCC3)ccc21. The molecule has 1 radical (unpaired) electrons. The van der Waals surface area contributed by atoms with Crippen LogP contribution in [0.1, 0.15) is 42.4 Å². The van der Waals surface area contributed by atoms with Gasteiger partial charge in [0.2, 0.25) is 0 Å². The molecule has 0 aromatic heterocycles. The Morgan fingerprint density at radius 1 is 1.06 bits per heavy atom. The zero-order chi connectivity index (χ0) is 10.8. The molecule has 0 amide bonds. The minimum absolute atomic E-state index is 1.16. The average Bonchev–Trinajstić information content (AvgIpc) is 2.77. The number of piperidine rings is 1. The van der Waals surface area contributed by atoms with Gasteiger partial charge in [-0.25, -0.2) is 0 Å². The van der Waals surface area contributed by atoms with Crippen LogP contribution in [0, 0.1) is 6.42 Å². The second-order valence-corrected chi connectivity index (χ2v) is 5.11. The molecular formula is C15H20N. The quantitative estimate of drug-likeness (QED) is 0.731. The number of nitrogens with zero attached hydrogens (tertiary/aromatic N) is 1. The third-order valence-electron chi connectivity index (χ3n) is 3.84. The Morgan fingerprint density at radius 2 is 1.94 bits per heavy atom. The molecule has 1 aromatic rings. The summed E-state index contributed by atoms with van der Waals surface area (Å²) in [4.78, 5) is 2.60. The zero-order valence-corrected chi connectivity index (χ0v) is 9.91. The largest absolute Gasteiger partial charge is 0.299 e. The lowest BCUT2D eigenvalue weighted by Crippen LogP contribution is -2.29. The predicted molar refractivity (Wildman–Crippen MR) is 67.3 cm³/mol. The minimum atomic E-state index is 1.16. The fourth-order valence-electron chi connectivity index (χ4n) is 2.93. The Bertz CT molecular complexity index is 364. The molecule has 1 heterocycles. The summed E-state index contributed by atoms with van der Waals surface area (Å²) in [6, 6.07) is 7.05. The molecule has 1 aliphatic heterocycles. The highest BCUT2D eigenvalue weighted by Gasteiger charge is 2.14. The van der Waals surface area contributed by atoms with Crippen LogP contribution >= 0.6 is 0 Å². The third kappa shape index (κ3) is 2.15. The van der Waals surface area contributed by atoms with Crippen molar-refractivity contribution in [2.45, 2.75) is 38.6 Å². The van der Waals surface area contributed by atoms with Crippen molar-refractivity contribution in [2.75, 3.05) is 13.1 Å². The van der Waals surface area contributed by atoms with Crippen molar-refractivity contribution < 1.29 is 0 Å². The van der Waals surface area contributed by atoms with E-state index in [4.69, 9.17) is 0 Å². The van der Waals surface area contributed by atoms with Gasteiger partial charge in [-0.05, 0) is 61.9 Å². The third-order valence-corrected chi connectivity index (χ3v) is 3.84. The molecule has 3 rings (SSSR count). The van der Waals surface area contributed by atoms with Gasteiger partial charge in [0.1, 0.15) is 0 Å². The molecular weight excluding hydrogens is 194 g/mol. The van der Waals surface area contributed by atoms with Crippen LogP contribution < -0.4 is 0 Å². The number of likely N-dealkylation sites (tertiary alicyclic amines) is 1. The summed E-state index contributed by atoms with van der Waals surface area (Å²) in [6.07, 6.45) is 9.05. The first-order chi connectivity index (χ1) is 7.92. The molecule has 0 bridgehead atoms. The van der Waals surface area contributed by atoms with Crippen molar-refractivity contribution in [3.8, 4) is 0 Å². The molecule has 0 unspecified atom stereocenters. The van der Waals surface area contributed by atoms with Crippen molar-refractivity contribution in [1.82, 2.24) is 4.90 Å². The van der Waals surface area contributed by atoms with E-state index in [1.54, 1.807) is 5.56 Å². The van der Waals surface area contributed by atoms with Gasteiger partial charge in [-0.15, -0.1) is 0 Å². The van der Waals surface area contributed by atoms with Gasteiger partial charge in [-0.1, -0.05) is 24.6 Å². The smallest absolute Gasteiger partial charge is 0.0233 e. The van der Waals surface area contributed by atoms with Crippen molar-refractivity contribution in [2.24, 2.45) is 0 Å². The lowest BCUT2D eigenvalue weighted by molar-refractivity contribution is 0.221. The lowest BCUT2D eigenvalue weighted by Gasteiger charge is -2.26. The summed E-state index contributed by atoms with van der Waals surface area (Å²) < 4.78 is 0. The molecule has 1 aromatic carbocycles. The molecule has 16 heavy (non-hydrogen) atoms. The number of aryl methyl sites for hydroxylation is 1. The Hall–Kier alpha value is -0.820. The second kappa shape index (κ2) is 4.58. The molecule has 1 heteroatoms. The van der Waals surface area contributed by atoms with Gasteiger partial charge < -0.3 is 0 Å². The predicted octanol–water partition coefficient (Wildman–Crippen LogP) is 3.17. The van der Waals surface area contributed by atoms with E-state index in [-0.39, 0.29) is 0 Å². The maximum atomic E-state index is 2.60. The second-order valence-electron chi connectivity index (χ2n) is 5.11. The van der Waals surface area contributed by atoms with E-state index < -0.39 is 0 Å². The Labute approximate surface area is 98.5 Å². The highest BCUT2D eigenvalue weighted by molar-refractivity contribution is 5.40. The first-order valence-corrected chi connectivity index (χ1v) is 6.59. The Morgan fingerprint density at radius 3 is 2.81 bits per heavy atom. The van der Waals surface area contributed by atoms with E-state index >= 15 is 0 Å². The van der Waals surface area contributed by atoms with Gasteiger partial charge in [-0.2, -0.15) is 0 Å². The molecule has 2 aliphatic rings. The maximum absolute atomic E-state index is 2.60. The number of hydrogen-bond donors (Lipinski definition) is 0. The standard InChI is InChI=1S/C15H20N/c1-2-9-16(10-3-1)12-13-7-8-14-5-4-6-15(14)11-13/h5,7-8,11H,1-4,6,9-10,12H2. The number of benzene rings is 1. The van der Waals surface area contributed by atoms with Gasteiger partial charge >= 0.3 is 0 Å². The summed E-state index contributed by atoms with van der Waals surface area (Å²) in [6.45, 7) is 3.75. The van der Waals surface area contributed by atoms with E-state index in [1.807, 2.05) is 0 Å². The van der Waals surface area contributed by atoms with Crippen molar-refractivity contribution >= 4 is 0 Å². The molecule has 0 saturated carbocycles. The van der Waals surface area contributed by atoms with Gasteiger partial charge in [0.15, 0.2) is 0 Å². The molecule has 1 saturated heterocycles. The summed E-state index contributed by atoms with van der Waals surface area (Å²) >= 11 is 0. The average molecular weight is 214 g/mol. The van der Waals surface area contributed by atoms with Crippen LogP contribution in [0.25, 0.3) is 0 Å². The van der Waals surface area contributed by atoms with Crippen molar-refractivity contribution in [3.63, 3.8) is 0 Å². The van der Waals surface area contributed by atoms with Crippen LogP contribution in [-0.4, -0.2) is 18.0 Å². The van der Waals surface area contributed by atoms with Gasteiger partial charge in [0.05, 0.1) is 0 Å². The van der Waals surface area contributed by atoms with E-state index in [2.05, 4.69) is 29.5 Å². The minimum Gasteiger partial charge on any atom is -0.299 e. The maximum Gasteiger partial charge on any atom is 0.0233 e. The summed E-state index contributed by atoms with van der Waals surface area (Å²) in [7, 11) is 0. The van der Waals surface area contributed by atoms with Gasteiger partial charge in [-0.3, -0.25) is 4.90 Å². The number of fused-ring (bicyclic) bond motifs is 1. The summed E-state index contributed by atoms with van der Waals surface area (Å²) in [5, 5.41) is 0. The van der Waals surface area contributed by atoms with Crippen LogP contribution in [0.4, 0.5) is 0 Å². The van der Waals surface area contributed by atoms with Crippen LogP contribution in [0.2, 0.25) is 0 Å². The fourth-order valence-corrected chi connectivity index (χ4v) is 2.93. The summed E-state index contributed by atoms with van der Waals surface area (Å²) in [5.41, 5.74) is 4.55. The molecule has 1 aliphatic carbocycles. The Kier molecular flexibility index (Phi) is 2.96. The zero-order valence-electron chi connectivity index (χ0n) is 9.91. The van der Waals surface area contributed by atoms with Crippen LogP contribution in [0.5, 0.6) is 0 Å². The topological polar surface area (TPSA) is 3.24 Å². The first kappa shape index (κ1) is 10.3. The van der Waals surface area contributed by atoms with Gasteiger partial charge in [0, 0.05) is 6.54 Å². The fraction of sp³-hybridized carbons (Fsp3) is 0.533. The van der Waals surface area contributed by atoms with E-state index in [1.165, 1.54) is 56.3 Å². The molecule has 1 fully saturated rings. The van der Waals surface area contributed by atoms with E-state index in [0.717, 1.165) is 6.54 Å². The lowest BCUT2D eigenvalue weighted by atomic mass is 10.0.